The molecule has 0 bridgehead atoms. The number of morpholine rings is 1. The van der Waals surface area contributed by atoms with Crippen molar-refractivity contribution in [3.63, 3.8) is 0 Å². The number of aromatic amines is 1. The van der Waals surface area contributed by atoms with E-state index in [0.29, 0.717) is 106 Å². The number of aromatic nitrogens is 7. The van der Waals surface area contributed by atoms with E-state index < -0.39 is 20.2 Å². The van der Waals surface area contributed by atoms with Crippen LogP contribution in [0.2, 0.25) is 0 Å². The van der Waals surface area contributed by atoms with Crippen LogP contribution in [0.3, 0.4) is 0 Å². The Morgan fingerprint density at radius 2 is 1.60 bits per heavy atom. The van der Waals surface area contributed by atoms with Gasteiger partial charge in [0.2, 0.25) is 11.9 Å². The predicted octanol–water partition coefficient (Wildman–Crippen LogP) is 7.12. The number of carbonyl (C=O) groups is 2. The van der Waals surface area contributed by atoms with Crippen molar-refractivity contribution in [2.75, 3.05) is 113 Å². The van der Waals surface area contributed by atoms with Crippen molar-refractivity contribution in [2.45, 2.75) is 121 Å². The SMILES string of the molecule is Cc1[nH]nc(Nc2ncnc3cc(OCCN4CCN(c5ncc(OCC6CN(C[C@H]7CN(C(=O)OC(C)(C)C)[C@H](C)CN7CC(=O)N7CC(C)(C)c8ncc(Cc9ccc(F)cc9)cc87)CCO6)cn5)CC4)c(S(=O)(=O)C(C)(C)C)cc23)c1C. The Hall–Kier alpha value is -7.12. The number of fused-ring (bicyclic) bond motifs is 2. The van der Waals surface area contributed by atoms with Crippen LogP contribution in [0, 0.1) is 19.7 Å². The molecule has 4 aromatic heterocycles. The van der Waals surface area contributed by atoms with Gasteiger partial charge in [0.05, 0.1) is 47.2 Å². The normalized spacial score (nSPS) is 20.0. The summed E-state index contributed by atoms with van der Waals surface area (Å²) >= 11 is 0. The monoisotopic (exact) mass is 1190 g/mol. The number of rotatable bonds is 17. The maximum absolute atomic E-state index is 14.6. The first kappa shape index (κ1) is 61.0. The molecule has 4 aliphatic rings. The average Bonchev–Trinajstić information content (AvgIpc) is 2.69. The molecule has 0 saturated carbocycles. The van der Waals surface area contributed by atoms with Crippen LogP contribution >= 0.6 is 0 Å². The Labute approximate surface area is 497 Å². The third kappa shape index (κ3) is 14.1. The summed E-state index contributed by atoms with van der Waals surface area (Å²) in [5, 5.41) is 11.1. The van der Waals surface area contributed by atoms with E-state index in [1.165, 1.54) is 18.5 Å². The van der Waals surface area contributed by atoms with Gasteiger partial charge in [0.15, 0.2) is 21.4 Å². The molecule has 10 rings (SSSR count). The lowest BCUT2D eigenvalue weighted by Gasteiger charge is -2.47. The maximum Gasteiger partial charge on any atom is 0.410 e. The van der Waals surface area contributed by atoms with E-state index in [-0.39, 0.29) is 71.8 Å². The summed E-state index contributed by atoms with van der Waals surface area (Å²) in [5.74, 6) is 2.06. The number of halogens is 1. The summed E-state index contributed by atoms with van der Waals surface area (Å²) in [6, 6.07) is 11.4. The second kappa shape index (κ2) is 24.7. The zero-order chi connectivity index (χ0) is 60.6. The largest absolute Gasteiger partial charge is 0.491 e. The van der Waals surface area contributed by atoms with E-state index in [0.717, 1.165) is 46.9 Å². The van der Waals surface area contributed by atoms with Crippen LogP contribution in [-0.2, 0) is 35.9 Å². The number of hydrogen-bond donors (Lipinski definition) is 2. The summed E-state index contributed by atoms with van der Waals surface area (Å²) in [5.41, 5.74) is 4.88. The molecular weight excluding hydrogens is 1110 g/mol. The van der Waals surface area contributed by atoms with Crippen LogP contribution in [0.25, 0.3) is 10.9 Å². The van der Waals surface area contributed by atoms with E-state index in [1.807, 2.05) is 58.7 Å². The number of aryl methyl sites for hydroxylation is 1. The van der Waals surface area contributed by atoms with Gasteiger partial charge in [-0.25, -0.2) is 37.5 Å². The van der Waals surface area contributed by atoms with Crippen molar-refractivity contribution in [2.24, 2.45) is 0 Å². The van der Waals surface area contributed by atoms with Gasteiger partial charge in [0.1, 0.15) is 53.5 Å². The molecule has 0 aliphatic carbocycles. The number of pyridine rings is 1. The van der Waals surface area contributed by atoms with E-state index in [1.54, 1.807) is 62.3 Å². The standard InChI is InChI=1S/C61H81FN14O8S/c1-39-31-74(35-53(77)76-37-61(10,11)54-50(76)25-43(28-63-54)24-42-12-14-44(62)15-13-42)45(33-75(39)58(78)84-59(4,5)6)32-72-21-22-81-47(34-72)36-83-46-29-64-57(65-30-46)73-18-16-71(17-19-73)20-23-82-51-27-49-48(26-52(51)85(79,80)60(7,8)9)56(67-38-66-49)68-55-40(2)41(3)69-70-55/h12-15,25-30,38-39,45,47H,16-24,31-37H2,1-11H3,(H2,66,67,68,69,70)/t39-,45+,47?/m1/s1. The summed E-state index contributed by atoms with van der Waals surface area (Å²) in [7, 11) is -3.85. The van der Waals surface area contributed by atoms with Gasteiger partial charge < -0.3 is 39.0 Å². The number of ether oxygens (including phenoxy) is 4. The highest BCUT2D eigenvalue weighted by Crippen LogP contribution is 2.41. The lowest BCUT2D eigenvalue weighted by atomic mass is 9.91. The average molecular weight is 1190 g/mol. The Kier molecular flexibility index (Phi) is 17.7. The molecule has 22 nitrogen and oxygen atoms in total. The molecule has 2 amide bonds. The van der Waals surface area contributed by atoms with Gasteiger partial charge in [0.25, 0.3) is 0 Å². The van der Waals surface area contributed by atoms with Crippen molar-refractivity contribution < 1.29 is 41.3 Å². The minimum Gasteiger partial charge on any atom is -0.491 e. The molecule has 2 aromatic carbocycles. The number of hydrogen-bond acceptors (Lipinski definition) is 19. The van der Waals surface area contributed by atoms with Gasteiger partial charge in [-0.1, -0.05) is 26.0 Å². The molecule has 24 heteroatoms. The first-order valence-corrected chi connectivity index (χ1v) is 30.8. The molecule has 8 heterocycles. The van der Waals surface area contributed by atoms with Crippen molar-refractivity contribution in [1.82, 2.24) is 54.7 Å². The molecule has 456 valence electrons. The third-order valence-corrected chi connectivity index (χ3v) is 18.8. The molecule has 0 spiro atoms. The zero-order valence-corrected chi connectivity index (χ0v) is 51.6. The van der Waals surface area contributed by atoms with Gasteiger partial charge >= 0.3 is 6.09 Å². The fourth-order valence-electron chi connectivity index (χ4n) is 11.3. The Morgan fingerprint density at radius 1 is 0.859 bits per heavy atom. The van der Waals surface area contributed by atoms with E-state index >= 15 is 0 Å². The molecule has 85 heavy (non-hydrogen) atoms. The molecule has 6 aromatic rings. The highest BCUT2D eigenvalue weighted by atomic mass is 32.2. The van der Waals surface area contributed by atoms with Gasteiger partial charge in [-0.05, 0) is 104 Å². The quantitative estimate of drug-likeness (QED) is 0.0926. The summed E-state index contributed by atoms with van der Waals surface area (Å²) in [6.07, 6.45) is 6.58. The van der Waals surface area contributed by atoms with E-state index in [2.05, 4.69) is 68.9 Å². The highest BCUT2D eigenvalue weighted by Gasteiger charge is 2.43. The van der Waals surface area contributed by atoms with Crippen molar-refractivity contribution in [3.05, 3.63) is 101 Å². The number of amides is 2. The van der Waals surface area contributed by atoms with Crippen LogP contribution < -0.4 is 24.6 Å². The number of sulfone groups is 1. The number of H-pyrrole nitrogens is 1. The summed E-state index contributed by atoms with van der Waals surface area (Å²) < 4.78 is 65.4. The van der Waals surface area contributed by atoms with Crippen LogP contribution in [0.15, 0.2) is 72.3 Å². The van der Waals surface area contributed by atoms with E-state index in [9.17, 15) is 22.4 Å². The lowest BCUT2D eigenvalue weighted by Crippen LogP contribution is -2.64. The number of anilines is 4. The van der Waals surface area contributed by atoms with Crippen molar-refractivity contribution in [3.8, 4) is 11.5 Å². The zero-order valence-electron chi connectivity index (χ0n) is 50.8. The maximum atomic E-state index is 14.6. The smallest absolute Gasteiger partial charge is 0.410 e. The van der Waals surface area contributed by atoms with E-state index in [4.69, 9.17) is 23.9 Å². The highest BCUT2D eigenvalue weighted by molar-refractivity contribution is 7.92. The number of nitrogens with one attached hydrogen (secondary N) is 2. The third-order valence-electron chi connectivity index (χ3n) is 16.3. The minimum absolute atomic E-state index is 0.0386. The lowest BCUT2D eigenvalue weighted by molar-refractivity contribution is -0.122. The van der Waals surface area contributed by atoms with Gasteiger partial charge in [-0.3, -0.25) is 29.6 Å². The number of carbonyl (C=O) groups excluding carboxylic acids is 2. The molecule has 3 saturated heterocycles. The van der Waals surface area contributed by atoms with Crippen LogP contribution in [0.1, 0.15) is 90.4 Å². The molecule has 3 atom stereocenters. The second-order valence-corrected chi connectivity index (χ2v) is 28.2. The molecule has 2 N–H and O–H groups in total. The minimum atomic E-state index is -3.85. The molecule has 0 radical (unpaired) electrons. The fraction of sp³-hybridized carbons (Fsp3) is 0.541. The number of piperazine rings is 2. The topological polar surface area (TPSA) is 230 Å². The molecule has 1 unspecified atom stereocenters. The van der Waals surface area contributed by atoms with Crippen LogP contribution in [-0.4, -0.2) is 202 Å². The fourth-order valence-corrected chi connectivity index (χ4v) is 12.6. The number of nitrogens with zero attached hydrogens (tertiary/aromatic N) is 12. The molecular formula is C61H81FN14O8S. The molecule has 4 aliphatic heterocycles. The van der Waals surface area contributed by atoms with Gasteiger partial charge in [0, 0.05) is 118 Å². The Morgan fingerprint density at radius 3 is 2.29 bits per heavy atom. The first-order chi connectivity index (χ1) is 40.3. The first-order valence-electron chi connectivity index (χ1n) is 29.3. The molecule has 3 fully saturated rings. The summed E-state index contributed by atoms with van der Waals surface area (Å²) in [4.78, 5) is 64.1. The Bertz CT molecular complexity index is 3480. The van der Waals surface area contributed by atoms with Gasteiger partial charge in [-0.15, -0.1) is 0 Å². The van der Waals surface area contributed by atoms with Gasteiger partial charge in [-0.2, -0.15) is 5.10 Å². The van der Waals surface area contributed by atoms with Crippen molar-refractivity contribution in [1.29, 1.82) is 0 Å². The van der Waals surface area contributed by atoms with Crippen molar-refractivity contribution >= 4 is 56.0 Å². The second-order valence-electron chi connectivity index (χ2n) is 25.5. The predicted molar refractivity (Wildman–Crippen MR) is 322 cm³/mol. The van der Waals surface area contributed by atoms with Crippen LogP contribution in [0.5, 0.6) is 11.5 Å². The summed E-state index contributed by atoms with van der Waals surface area (Å²) in [6.45, 7) is 28.4. The Balaban J connectivity index is 0.728. The van der Waals surface area contributed by atoms with Crippen LogP contribution in [0.4, 0.5) is 32.5 Å². The number of benzene rings is 2.